The highest BCUT2D eigenvalue weighted by Gasteiger charge is 2.17. The van der Waals surface area contributed by atoms with Crippen molar-refractivity contribution in [2.24, 2.45) is 7.05 Å². The Labute approximate surface area is 140 Å². The molecule has 0 unspecified atom stereocenters. The van der Waals surface area contributed by atoms with Gasteiger partial charge in [-0.2, -0.15) is 0 Å². The molecule has 4 rings (SSSR count). The van der Waals surface area contributed by atoms with Gasteiger partial charge in [0, 0.05) is 51.4 Å². The number of para-hydroxylation sites is 1. The predicted octanol–water partition coefficient (Wildman–Crippen LogP) is 5.15. The van der Waals surface area contributed by atoms with Gasteiger partial charge in [0.1, 0.15) is 0 Å². The fraction of sp³-hybridized carbons (Fsp3) is 0.190. The third-order valence-corrected chi connectivity index (χ3v) is 4.99. The summed E-state index contributed by atoms with van der Waals surface area (Å²) in [4.78, 5) is 15.3. The van der Waals surface area contributed by atoms with Crippen LogP contribution in [0.3, 0.4) is 0 Å². The summed E-state index contributed by atoms with van der Waals surface area (Å²) in [6.07, 6.45) is 0. The van der Waals surface area contributed by atoms with Crippen LogP contribution in [0.15, 0.2) is 42.5 Å². The van der Waals surface area contributed by atoms with E-state index in [0.29, 0.717) is 0 Å². The molecule has 3 heteroatoms. The summed E-state index contributed by atoms with van der Waals surface area (Å²) in [5, 5.41) is 2.52. The maximum absolute atomic E-state index is 11.9. The molecule has 0 aliphatic heterocycles. The smallest absolute Gasteiger partial charge is 0.161 e. The summed E-state index contributed by atoms with van der Waals surface area (Å²) in [5.41, 5.74) is 7.34. The Hall–Kier alpha value is -2.81. The number of fused-ring (bicyclic) bond motifs is 3. The van der Waals surface area contributed by atoms with Crippen molar-refractivity contribution >= 4 is 27.6 Å². The normalized spacial score (nSPS) is 11.5. The first kappa shape index (κ1) is 14.8. The number of hydrogen-bond acceptors (Lipinski definition) is 1. The molecule has 2 aromatic heterocycles. The highest BCUT2D eigenvalue weighted by molar-refractivity contribution is 6.09. The molecule has 2 heterocycles. The summed E-state index contributed by atoms with van der Waals surface area (Å²) in [7, 11) is 2.10. The molecule has 2 aromatic carbocycles. The van der Waals surface area contributed by atoms with E-state index >= 15 is 0 Å². The average molecular weight is 316 g/mol. The predicted molar refractivity (Wildman–Crippen MR) is 99.7 cm³/mol. The number of rotatable bonds is 2. The second-order valence-corrected chi connectivity index (χ2v) is 6.49. The molecule has 0 spiro atoms. The molecule has 1 N–H and O–H groups in total. The van der Waals surface area contributed by atoms with Crippen molar-refractivity contribution in [3.05, 3.63) is 59.3 Å². The van der Waals surface area contributed by atoms with Gasteiger partial charge in [-0.1, -0.05) is 30.3 Å². The molecule has 120 valence electrons. The van der Waals surface area contributed by atoms with E-state index in [0.717, 1.165) is 28.1 Å². The van der Waals surface area contributed by atoms with Crippen molar-refractivity contribution in [3.63, 3.8) is 0 Å². The molecule has 0 saturated heterocycles. The number of Topliss-reactive ketones (excluding diaryl/α,β-unsaturated/α-hetero) is 1. The van der Waals surface area contributed by atoms with Crippen molar-refractivity contribution < 1.29 is 4.79 Å². The van der Waals surface area contributed by atoms with Gasteiger partial charge in [-0.25, -0.2) is 0 Å². The van der Waals surface area contributed by atoms with Crippen molar-refractivity contribution in [2.75, 3.05) is 0 Å². The molecule has 0 radical (unpaired) electrons. The fourth-order valence-corrected chi connectivity index (χ4v) is 3.88. The molecule has 0 aliphatic rings. The van der Waals surface area contributed by atoms with Gasteiger partial charge in [-0.15, -0.1) is 0 Å². The van der Waals surface area contributed by atoms with Crippen LogP contribution in [-0.4, -0.2) is 15.3 Å². The zero-order valence-corrected chi connectivity index (χ0v) is 14.4. The Morgan fingerprint density at radius 1 is 1.00 bits per heavy atom. The molecule has 24 heavy (non-hydrogen) atoms. The molecular weight excluding hydrogens is 296 g/mol. The molecular formula is C21H20N2O. The lowest BCUT2D eigenvalue weighted by atomic mass is 10.0. The number of hydrogen-bond donors (Lipinski definition) is 1. The van der Waals surface area contributed by atoms with Crippen LogP contribution in [0, 0.1) is 13.8 Å². The number of benzene rings is 2. The van der Waals surface area contributed by atoms with Crippen LogP contribution in [0.2, 0.25) is 0 Å². The van der Waals surface area contributed by atoms with Crippen LogP contribution in [0.25, 0.3) is 33.1 Å². The van der Waals surface area contributed by atoms with Crippen molar-refractivity contribution in [1.29, 1.82) is 0 Å². The number of nitrogens with one attached hydrogen (secondary N) is 1. The maximum atomic E-state index is 11.9. The number of aromatic nitrogens is 2. The molecule has 0 aliphatic carbocycles. The first-order valence-electron chi connectivity index (χ1n) is 8.16. The van der Waals surface area contributed by atoms with E-state index < -0.39 is 0 Å². The Morgan fingerprint density at radius 2 is 1.71 bits per heavy atom. The van der Waals surface area contributed by atoms with Gasteiger partial charge in [0.05, 0.1) is 0 Å². The number of ketones is 1. The van der Waals surface area contributed by atoms with Crippen molar-refractivity contribution in [2.45, 2.75) is 20.8 Å². The average Bonchev–Trinajstić information content (AvgIpc) is 3.02. The number of aryl methyl sites for hydroxylation is 2. The highest BCUT2D eigenvalue weighted by atomic mass is 16.1. The minimum atomic E-state index is 0.109. The van der Waals surface area contributed by atoms with E-state index in [1.54, 1.807) is 6.92 Å². The van der Waals surface area contributed by atoms with E-state index in [4.69, 9.17) is 0 Å². The topological polar surface area (TPSA) is 37.8 Å². The van der Waals surface area contributed by atoms with Crippen molar-refractivity contribution in [3.8, 4) is 11.3 Å². The Kier molecular flexibility index (Phi) is 3.14. The fourth-order valence-electron chi connectivity index (χ4n) is 3.88. The molecule has 4 aromatic rings. The van der Waals surface area contributed by atoms with E-state index in [-0.39, 0.29) is 5.78 Å². The van der Waals surface area contributed by atoms with Gasteiger partial charge in [-0.3, -0.25) is 4.79 Å². The van der Waals surface area contributed by atoms with Crippen LogP contribution >= 0.6 is 0 Å². The van der Waals surface area contributed by atoms with Crippen molar-refractivity contribution in [1.82, 2.24) is 9.55 Å². The highest BCUT2D eigenvalue weighted by Crippen LogP contribution is 2.33. The summed E-state index contributed by atoms with van der Waals surface area (Å²) in [5.74, 6) is 0.109. The number of H-pyrrole nitrogens is 1. The summed E-state index contributed by atoms with van der Waals surface area (Å²) >= 11 is 0. The van der Waals surface area contributed by atoms with E-state index in [1.165, 1.54) is 21.8 Å². The lowest BCUT2D eigenvalue weighted by Gasteiger charge is -2.04. The molecule has 0 amide bonds. The van der Waals surface area contributed by atoms with Crippen LogP contribution in [-0.2, 0) is 7.05 Å². The van der Waals surface area contributed by atoms with Gasteiger partial charge >= 0.3 is 0 Å². The lowest BCUT2D eigenvalue weighted by Crippen LogP contribution is -1.94. The van der Waals surface area contributed by atoms with E-state index in [9.17, 15) is 4.79 Å². The third kappa shape index (κ3) is 1.94. The zero-order chi connectivity index (χ0) is 17.0. The maximum Gasteiger partial charge on any atom is 0.161 e. The minimum absolute atomic E-state index is 0.109. The first-order chi connectivity index (χ1) is 11.5. The minimum Gasteiger partial charge on any atom is -0.358 e. The SMILES string of the molecule is CC(=O)c1c(C)[nH]c(-c2ccc3c4ccccc4n(C)c3c2)c1C. The number of nitrogens with zero attached hydrogens (tertiary/aromatic N) is 1. The number of aromatic amines is 1. The Morgan fingerprint density at radius 3 is 2.42 bits per heavy atom. The van der Waals surface area contributed by atoms with E-state index in [1.807, 2.05) is 13.8 Å². The zero-order valence-electron chi connectivity index (χ0n) is 14.4. The summed E-state index contributed by atoms with van der Waals surface area (Å²) < 4.78 is 2.23. The standard InChI is InChI=1S/C21H20N2O/c1-12-20(14(3)24)13(2)22-21(12)15-9-10-17-16-7-5-6-8-18(16)23(4)19(17)11-15/h5-11,22H,1-4H3. The van der Waals surface area contributed by atoms with Crippen LogP contribution in [0.1, 0.15) is 28.5 Å². The van der Waals surface area contributed by atoms with Gasteiger partial charge in [0.25, 0.3) is 0 Å². The summed E-state index contributed by atoms with van der Waals surface area (Å²) in [6, 6.07) is 15.0. The molecule has 0 fully saturated rings. The van der Waals surface area contributed by atoms with Gasteiger partial charge in [0.2, 0.25) is 0 Å². The largest absolute Gasteiger partial charge is 0.358 e. The Balaban J connectivity index is 1.99. The quantitative estimate of drug-likeness (QED) is 0.510. The molecule has 0 atom stereocenters. The monoisotopic (exact) mass is 316 g/mol. The Bertz CT molecular complexity index is 1110. The second kappa shape index (κ2) is 5.10. The number of carbonyl (C=O) groups excluding carboxylic acids is 1. The molecule has 3 nitrogen and oxygen atoms in total. The lowest BCUT2D eigenvalue weighted by molar-refractivity contribution is 0.101. The summed E-state index contributed by atoms with van der Waals surface area (Å²) in [6.45, 7) is 5.60. The number of carbonyl (C=O) groups is 1. The first-order valence-corrected chi connectivity index (χ1v) is 8.16. The van der Waals surface area contributed by atoms with Gasteiger partial charge < -0.3 is 9.55 Å². The molecule has 0 bridgehead atoms. The third-order valence-electron chi connectivity index (χ3n) is 4.99. The van der Waals surface area contributed by atoms with Gasteiger partial charge in [0.15, 0.2) is 5.78 Å². The van der Waals surface area contributed by atoms with Crippen LogP contribution < -0.4 is 0 Å². The molecule has 0 saturated carbocycles. The van der Waals surface area contributed by atoms with Crippen LogP contribution in [0.5, 0.6) is 0 Å². The van der Waals surface area contributed by atoms with E-state index in [2.05, 4.69) is 59.1 Å². The second-order valence-electron chi connectivity index (χ2n) is 6.49. The van der Waals surface area contributed by atoms with Gasteiger partial charge in [-0.05, 0) is 38.5 Å². The van der Waals surface area contributed by atoms with Crippen LogP contribution in [0.4, 0.5) is 0 Å².